The molecular formula is C25H43N3O3. The van der Waals surface area contributed by atoms with Gasteiger partial charge in [-0.15, -0.1) is 0 Å². The number of amides is 2. The van der Waals surface area contributed by atoms with Crippen molar-refractivity contribution in [1.82, 2.24) is 15.5 Å². The van der Waals surface area contributed by atoms with E-state index < -0.39 is 0 Å². The third-order valence-corrected chi connectivity index (χ3v) is 9.09. The van der Waals surface area contributed by atoms with E-state index >= 15 is 0 Å². The molecule has 176 valence electrons. The molecule has 2 saturated carbocycles. The topological polar surface area (TPSA) is 70.7 Å². The predicted octanol–water partition coefficient (Wildman–Crippen LogP) is 2.96. The fourth-order valence-corrected chi connectivity index (χ4v) is 6.98. The number of carbonyl (C=O) groups excluding carboxylic acids is 2. The number of hydrogen-bond acceptors (Lipinski definition) is 4. The smallest absolute Gasteiger partial charge is 0.225 e. The number of fused-ring (bicyclic) bond motifs is 1. The highest BCUT2D eigenvalue weighted by Crippen LogP contribution is 2.43. The van der Waals surface area contributed by atoms with Crippen LogP contribution in [0.2, 0.25) is 0 Å². The molecule has 4 aliphatic rings. The molecule has 7 unspecified atom stereocenters. The molecule has 2 aliphatic carbocycles. The molecule has 0 aromatic carbocycles. The Labute approximate surface area is 188 Å². The summed E-state index contributed by atoms with van der Waals surface area (Å²) in [4.78, 5) is 28.4. The maximum Gasteiger partial charge on any atom is 0.225 e. The molecule has 2 aliphatic heterocycles. The van der Waals surface area contributed by atoms with E-state index in [0.29, 0.717) is 41.8 Å². The Kier molecular flexibility index (Phi) is 7.27. The predicted molar refractivity (Wildman–Crippen MR) is 121 cm³/mol. The number of likely N-dealkylation sites (tertiary alicyclic amines) is 1. The number of carbonyl (C=O) groups is 2. The van der Waals surface area contributed by atoms with E-state index in [9.17, 15) is 9.59 Å². The largest absolute Gasteiger partial charge is 0.381 e. The highest BCUT2D eigenvalue weighted by molar-refractivity contribution is 5.80. The van der Waals surface area contributed by atoms with Crippen LogP contribution in [0, 0.1) is 29.6 Å². The maximum atomic E-state index is 13.4. The molecule has 4 fully saturated rings. The first kappa shape index (κ1) is 23.0. The molecule has 7 atom stereocenters. The second-order valence-electron chi connectivity index (χ2n) is 11.0. The summed E-state index contributed by atoms with van der Waals surface area (Å²) in [7, 11) is 3.79. The highest BCUT2D eigenvalue weighted by atomic mass is 16.5. The van der Waals surface area contributed by atoms with Gasteiger partial charge in [0.15, 0.2) is 0 Å². The SMILES string of the molecule is COC1CCC(C(=O)NC2CCC(C)C(C3CC4CNC(C)CC4N(C)C3=O)C2)CC1. The summed E-state index contributed by atoms with van der Waals surface area (Å²) in [6, 6.07) is 1.09. The van der Waals surface area contributed by atoms with Crippen LogP contribution in [0.1, 0.15) is 71.6 Å². The average Bonchev–Trinajstić information content (AvgIpc) is 2.78. The van der Waals surface area contributed by atoms with Crippen LogP contribution in [-0.4, -0.2) is 61.6 Å². The Balaban J connectivity index is 1.36. The molecule has 31 heavy (non-hydrogen) atoms. The monoisotopic (exact) mass is 433 g/mol. The highest BCUT2D eigenvalue weighted by Gasteiger charge is 2.47. The first-order chi connectivity index (χ1) is 14.9. The van der Waals surface area contributed by atoms with E-state index in [0.717, 1.165) is 64.3 Å². The van der Waals surface area contributed by atoms with Gasteiger partial charge in [-0.2, -0.15) is 0 Å². The van der Waals surface area contributed by atoms with Gasteiger partial charge in [-0.3, -0.25) is 9.59 Å². The van der Waals surface area contributed by atoms with Crippen molar-refractivity contribution in [1.29, 1.82) is 0 Å². The third kappa shape index (κ3) is 4.95. The van der Waals surface area contributed by atoms with Gasteiger partial charge in [-0.1, -0.05) is 6.92 Å². The zero-order chi connectivity index (χ0) is 22.1. The van der Waals surface area contributed by atoms with Gasteiger partial charge < -0.3 is 20.3 Å². The van der Waals surface area contributed by atoms with Crippen LogP contribution in [0.15, 0.2) is 0 Å². The summed E-state index contributed by atoms with van der Waals surface area (Å²) in [5.41, 5.74) is 0. The lowest BCUT2D eigenvalue weighted by Gasteiger charge is -2.50. The standard InChI is InChI=1S/C25H43N3O3/c1-15-5-8-19(27-24(29)17-6-9-20(31-4)10-7-17)13-21(15)22-12-18-14-26-16(2)11-23(18)28(3)25(22)30/h15-23,26H,5-14H2,1-4H3,(H,27,29). The molecule has 0 aromatic heterocycles. The van der Waals surface area contributed by atoms with Gasteiger partial charge in [-0.05, 0) is 82.5 Å². The molecule has 6 heteroatoms. The summed E-state index contributed by atoms with van der Waals surface area (Å²) in [6.07, 6.45) is 9.30. The fraction of sp³-hybridized carbons (Fsp3) is 0.920. The summed E-state index contributed by atoms with van der Waals surface area (Å²) >= 11 is 0. The van der Waals surface area contributed by atoms with Gasteiger partial charge in [0.05, 0.1) is 6.10 Å². The zero-order valence-electron chi connectivity index (χ0n) is 19.9. The van der Waals surface area contributed by atoms with Gasteiger partial charge >= 0.3 is 0 Å². The number of nitrogens with zero attached hydrogens (tertiary/aromatic N) is 1. The van der Waals surface area contributed by atoms with Gasteiger partial charge in [0, 0.05) is 50.7 Å². The van der Waals surface area contributed by atoms with Crippen LogP contribution >= 0.6 is 0 Å². The number of piperidine rings is 2. The minimum Gasteiger partial charge on any atom is -0.381 e. The molecule has 4 rings (SSSR count). The van der Waals surface area contributed by atoms with E-state index in [-0.39, 0.29) is 23.8 Å². The Hall–Kier alpha value is -1.14. The van der Waals surface area contributed by atoms with Crippen molar-refractivity contribution in [2.45, 2.75) is 95.9 Å². The summed E-state index contributed by atoms with van der Waals surface area (Å²) in [5, 5.41) is 7.01. The summed E-state index contributed by atoms with van der Waals surface area (Å²) < 4.78 is 5.45. The van der Waals surface area contributed by atoms with E-state index in [2.05, 4.69) is 29.4 Å². The van der Waals surface area contributed by atoms with Gasteiger partial charge in [0.1, 0.15) is 0 Å². The Morgan fingerprint density at radius 1 is 1.06 bits per heavy atom. The van der Waals surface area contributed by atoms with Gasteiger partial charge in [0.25, 0.3) is 0 Å². The van der Waals surface area contributed by atoms with Crippen molar-refractivity contribution >= 4 is 11.8 Å². The Morgan fingerprint density at radius 2 is 1.81 bits per heavy atom. The maximum absolute atomic E-state index is 13.4. The zero-order valence-corrected chi connectivity index (χ0v) is 19.9. The van der Waals surface area contributed by atoms with Crippen molar-refractivity contribution in [2.24, 2.45) is 29.6 Å². The summed E-state index contributed by atoms with van der Waals surface area (Å²) in [6.45, 7) is 5.56. The lowest BCUT2D eigenvalue weighted by Crippen LogP contribution is -2.60. The van der Waals surface area contributed by atoms with Crippen LogP contribution in [-0.2, 0) is 14.3 Å². The van der Waals surface area contributed by atoms with E-state index in [1.54, 1.807) is 7.11 Å². The van der Waals surface area contributed by atoms with Crippen molar-refractivity contribution in [3.8, 4) is 0 Å². The van der Waals surface area contributed by atoms with Crippen LogP contribution in [0.5, 0.6) is 0 Å². The number of nitrogens with one attached hydrogen (secondary N) is 2. The van der Waals surface area contributed by atoms with E-state index in [4.69, 9.17) is 4.74 Å². The molecular weight excluding hydrogens is 390 g/mol. The van der Waals surface area contributed by atoms with Crippen molar-refractivity contribution < 1.29 is 14.3 Å². The van der Waals surface area contributed by atoms with Crippen LogP contribution in [0.3, 0.4) is 0 Å². The Bertz CT molecular complexity index is 648. The van der Waals surface area contributed by atoms with Crippen LogP contribution in [0.4, 0.5) is 0 Å². The van der Waals surface area contributed by atoms with Crippen LogP contribution in [0.25, 0.3) is 0 Å². The molecule has 6 nitrogen and oxygen atoms in total. The van der Waals surface area contributed by atoms with Gasteiger partial charge in [-0.25, -0.2) is 0 Å². The molecule has 2 saturated heterocycles. The molecule has 2 amide bonds. The Morgan fingerprint density at radius 3 is 2.52 bits per heavy atom. The first-order valence-corrected chi connectivity index (χ1v) is 12.7. The number of ether oxygens (including phenoxy) is 1. The fourth-order valence-electron chi connectivity index (χ4n) is 6.98. The van der Waals surface area contributed by atoms with Crippen molar-refractivity contribution in [2.75, 3.05) is 20.7 Å². The van der Waals surface area contributed by atoms with Gasteiger partial charge in [0.2, 0.25) is 11.8 Å². The number of hydrogen-bond donors (Lipinski definition) is 2. The molecule has 0 bridgehead atoms. The first-order valence-electron chi connectivity index (χ1n) is 12.7. The van der Waals surface area contributed by atoms with E-state index in [1.165, 1.54) is 0 Å². The second kappa shape index (κ2) is 9.78. The van der Waals surface area contributed by atoms with Crippen LogP contribution < -0.4 is 10.6 Å². The molecule has 2 heterocycles. The molecule has 2 N–H and O–H groups in total. The molecule has 0 aromatic rings. The third-order valence-electron chi connectivity index (χ3n) is 9.09. The van der Waals surface area contributed by atoms with Crippen molar-refractivity contribution in [3.05, 3.63) is 0 Å². The minimum atomic E-state index is 0.105. The lowest BCUT2D eigenvalue weighted by atomic mass is 9.65. The average molecular weight is 434 g/mol. The van der Waals surface area contributed by atoms with E-state index in [1.807, 2.05) is 7.05 Å². The lowest BCUT2D eigenvalue weighted by molar-refractivity contribution is -0.148. The quantitative estimate of drug-likeness (QED) is 0.715. The molecule has 0 spiro atoms. The van der Waals surface area contributed by atoms with Crippen molar-refractivity contribution in [3.63, 3.8) is 0 Å². The minimum absolute atomic E-state index is 0.105. The number of rotatable bonds is 4. The summed E-state index contributed by atoms with van der Waals surface area (Å²) in [5.74, 6) is 2.28. The normalized spacial score (nSPS) is 43.9. The molecule has 0 radical (unpaired) electrons. The number of methoxy groups -OCH3 is 1. The second-order valence-corrected chi connectivity index (χ2v) is 11.0.